The van der Waals surface area contributed by atoms with E-state index in [2.05, 4.69) is 24.9 Å². The van der Waals surface area contributed by atoms with Crippen molar-refractivity contribution < 1.29 is 13.4 Å². The number of ether oxygens (including phenoxy) is 1. The quantitative estimate of drug-likeness (QED) is 0.404. The number of aromatic nitrogens is 1. The average molecular weight is 460 g/mol. The Balaban J connectivity index is 0.00000166. The number of nitrogens with one attached hydrogen (secondary N) is 2. The fraction of sp³-hybridized carbons (Fsp3) is 0.217. The SMILES string of the molecule is CC.COc1cccc(C(P)NCc2ccc(NC(=O)c3ccc(SF)nc3)cc2)c1. The smallest absolute Gasteiger partial charge is 0.257 e. The molecular formula is C23H27FN3O2PS. The first-order valence-electron chi connectivity index (χ1n) is 9.87. The predicted octanol–water partition coefficient (Wildman–Crippen LogP) is 6.01. The van der Waals surface area contributed by atoms with Crippen molar-refractivity contribution in [1.29, 1.82) is 0 Å². The van der Waals surface area contributed by atoms with E-state index in [-0.39, 0.29) is 28.9 Å². The number of amides is 1. The lowest BCUT2D eigenvalue weighted by Crippen LogP contribution is -2.16. The Bertz CT molecular complexity index is 956. The molecule has 0 radical (unpaired) electrons. The molecule has 0 spiro atoms. The largest absolute Gasteiger partial charge is 0.497 e. The zero-order valence-corrected chi connectivity index (χ0v) is 19.7. The van der Waals surface area contributed by atoms with Crippen molar-refractivity contribution in [3.63, 3.8) is 0 Å². The molecule has 0 aliphatic heterocycles. The van der Waals surface area contributed by atoms with E-state index in [1.54, 1.807) is 13.2 Å². The molecule has 31 heavy (non-hydrogen) atoms. The zero-order chi connectivity index (χ0) is 22.6. The molecule has 2 N–H and O–H groups in total. The van der Waals surface area contributed by atoms with Crippen LogP contribution >= 0.6 is 21.4 Å². The molecule has 164 valence electrons. The molecule has 0 bridgehead atoms. The number of carbonyl (C=O) groups excluding carboxylic acids is 1. The van der Waals surface area contributed by atoms with Crippen molar-refractivity contribution in [3.8, 4) is 5.75 Å². The molecule has 3 aromatic rings. The average Bonchev–Trinajstić information content (AvgIpc) is 2.84. The highest BCUT2D eigenvalue weighted by Crippen LogP contribution is 2.24. The molecule has 0 saturated heterocycles. The number of pyridine rings is 1. The Morgan fingerprint density at radius 2 is 1.90 bits per heavy atom. The van der Waals surface area contributed by atoms with Gasteiger partial charge in [0.05, 0.1) is 12.7 Å². The fourth-order valence-corrected chi connectivity index (χ4v) is 3.19. The van der Waals surface area contributed by atoms with Crippen LogP contribution in [0.3, 0.4) is 0 Å². The minimum atomic E-state index is -0.290. The molecule has 0 fully saturated rings. The third-order valence-corrected chi connectivity index (χ3v) is 5.29. The second-order valence-electron chi connectivity index (χ2n) is 6.25. The van der Waals surface area contributed by atoms with Crippen molar-refractivity contribution in [2.45, 2.75) is 31.2 Å². The molecule has 2 aromatic carbocycles. The zero-order valence-electron chi connectivity index (χ0n) is 17.8. The minimum Gasteiger partial charge on any atom is -0.497 e. The van der Waals surface area contributed by atoms with E-state index in [0.717, 1.165) is 16.9 Å². The van der Waals surface area contributed by atoms with Crippen LogP contribution in [0.15, 0.2) is 71.9 Å². The summed E-state index contributed by atoms with van der Waals surface area (Å²) in [5.41, 5.74) is 3.25. The predicted molar refractivity (Wildman–Crippen MR) is 129 cm³/mol. The summed E-state index contributed by atoms with van der Waals surface area (Å²) in [4.78, 5) is 16.1. The van der Waals surface area contributed by atoms with Crippen LogP contribution in [0.4, 0.5) is 9.57 Å². The van der Waals surface area contributed by atoms with Crippen LogP contribution in [0, 0.1) is 0 Å². The lowest BCUT2D eigenvalue weighted by atomic mass is 10.1. The summed E-state index contributed by atoms with van der Waals surface area (Å²) >= 11 is 0.0452. The highest BCUT2D eigenvalue weighted by atomic mass is 32.2. The van der Waals surface area contributed by atoms with Crippen LogP contribution in [0.25, 0.3) is 0 Å². The number of halogens is 1. The molecule has 0 saturated carbocycles. The number of carbonyl (C=O) groups is 1. The van der Waals surface area contributed by atoms with Gasteiger partial charge in [-0.05, 0) is 47.5 Å². The molecule has 2 unspecified atom stereocenters. The summed E-state index contributed by atoms with van der Waals surface area (Å²) in [7, 11) is 4.44. The summed E-state index contributed by atoms with van der Waals surface area (Å²) in [6.45, 7) is 4.67. The van der Waals surface area contributed by atoms with Gasteiger partial charge in [-0.3, -0.25) is 4.79 Å². The van der Waals surface area contributed by atoms with E-state index in [9.17, 15) is 8.68 Å². The minimum absolute atomic E-state index is 0.0452. The Kier molecular flexibility index (Phi) is 10.4. The second-order valence-corrected chi connectivity index (χ2v) is 7.49. The van der Waals surface area contributed by atoms with Crippen LogP contribution in [-0.4, -0.2) is 18.0 Å². The Morgan fingerprint density at radius 3 is 2.52 bits per heavy atom. The summed E-state index contributed by atoms with van der Waals surface area (Å²) in [5, 5.41) is 6.47. The van der Waals surface area contributed by atoms with E-state index in [0.29, 0.717) is 17.8 Å². The van der Waals surface area contributed by atoms with Crippen molar-refractivity contribution in [1.82, 2.24) is 10.3 Å². The van der Waals surface area contributed by atoms with Crippen LogP contribution < -0.4 is 15.4 Å². The van der Waals surface area contributed by atoms with Gasteiger partial charge in [0.25, 0.3) is 5.91 Å². The molecule has 2 atom stereocenters. The maximum Gasteiger partial charge on any atom is 0.257 e. The van der Waals surface area contributed by atoms with Gasteiger partial charge in [0.1, 0.15) is 22.9 Å². The number of benzene rings is 2. The van der Waals surface area contributed by atoms with Crippen LogP contribution in [-0.2, 0) is 6.54 Å². The number of anilines is 1. The van der Waals surface area contributed by atoms with Crippen LogP contribution in [0.5, 0.6) is 5.75 Å². The molecular weight excluding hydrogens is 432 g/mol. The highest BCUT2D eigenvalue weighted by molar-refractivity contribution is 7.94. The summed E-state index contributed by atoms with van der Waals surface area (Å²) in [5.74, 6) is 0.620. The van der Waals surface area contributed by atoms with Gasteiger partial charge in [0, 0.05) is 24.2 Å². The Morgan fingerprint density at radius 1 is 1.16 bits per heavy atom. The molecule has 1 heterocycles. The van der Waals surface area contributed by atoms with E-state index >= 15 is 0 Å². The molecule has 8 heteroatoms. The lowest BCUT2D eigenvalue weighted by molar-refractivity contribution is 0.102. The molecule has 5 nitrogen and oxygen atoms in total. The van der Waals surface area contributed by atoms with Gasteiger partial charge in [-0.2, -0.15) is 3.89 Å². The van der Waals surface area contributed by atoms with Gasteiger partial charge in [0.15, 0.2) is 0 Å². The van der Waals surface area contributed by atoms with Crippen LogP contribution in [0.2, 0.25) is 0 Å². The number of hydrogen-bond donors (Lipinski definition) is 2. The first-order valence-corrected chi connectivity index (χ1v) is 11.3. The number of rotatable bonds is 8. The maximum atomic E-state index is 12.4. The van der Waals surface area contributed by atoms with E-state index in [4.69, 9.17) is 4.74 Å². The third kappa shape index (κ3) is 7.62. The van der Waals surface area contributed by atoms with Gasteiger partial charge in [-0.1, -0.05) is 38.1 Å². The van der Waals surface area contributed by atoms with E-state index < -0.39 is 0 Å². The number of methoxy groups -OCH3 is 1. The monoisotopic (exact) mass is 459 g/mol. The standard InChI is InChI=1S/C21H21FN3O2PS.C2H6/c1-27-18-4-2-3-15(11-18)21(28)24-12-14-5-8-17(9-6-14)25-20(26)16-7-10-19(29-22)23-13-16;1-2/h2-11,13,21,24H,12,28H2,1H3,(H,25,26);1-2H3. The molecule has 3 rings (SSSR count). The van der Waals surface area contributed by atoms with Gasteiger partial charge in [-0.15, -0.1) is 9.24 Å². The molecule has 0 aliphatic rings. The van der Waals surface area contributed by atoms with Gasteiger partial charge >= 0.3 is 0 Å². The van der Waals surface area contributed by atoms with E-state index in [1.165, 1.54) is 12.3 Å². The van der Waals surface area contributed by atoms with Crippen molar-refractivity contribution in [2.24, 2.45) is 0 Å². The molecule has 1 amide bonds. The fourth-order valence-electron chi connectivity index (χ4n) is 2.65. The molecule has 0 aliphatic carbocycles. The van der Waals surface area contributed by atoms with E-state index in [1.807, 2.05) is 62.4 Å². The van der Waals surface area contributed by atoms with Crippen molar-refractivity contribution >= 4 is 33.0 Å². The first-order chi connectivity index (χ1) is 15.1. The number of nitrogens with zero attached hydrogens (tertiary/aromatic N) is 1. The lowest BCUT2D eigenvalue weighted by Gasteiger charge is -2.15. The summed E-state index contributed by atoms with van der Waals surface area (Å²) in [6.07, 6.45) is 1.35. The molecule has 1 aromatic heterocycles. The van der Waals surface area contributed by atoms with Crippen molar-refractivity contribution in [3.05, 3.63) is 83.6 Å². The topological polar surface area (TPSA) is 63.2 Å². The number of hydrogen-bond acceptors (Lipinski definition) is 5. The van der Waals surface area contributed by atoms with Crippen molar-refractivity contribution in [2.75, 3.05) is 12.4 Å². The maximum absolute atomic E-state index is 12.4. The van der Waals surface area contributed by atoms with Crippen LogP contribution in [0.1, 0.15) is 41.1 Å². The summed E-state index contributed by atoms with van der Waals surface area (Å²) in [6, 6.07) is 18.5. The third-order valence-electron chi connectivity index (χ3n) is 4.27. The van der Waals surface area contributed by atoms with Gasteiger partial charge in [0.2, 0.25) is 0 Å². The first kappa shape index (κ1) is 24.8. The highest BCUT2D eigenvalue weighted by Gasteiger charge is 2.09. The second kappa shape index (κ2) is 13.1. The van der Waals surface area contributed by atoms with Gasteiger partial charge in [-0.25, -0.2) is 4.98 Å². The van der Waals surface area contributed by atoms with Gasteiger partial charge < -0.3 is 15.4 Å². The Hall–Kier alpha value is -2.47. The normalized spacial score (nSPS) is 11.1. The summed E-state index contributed by atoms with van der Waals surface area (Å²) < 4.78 is 17.7. The Labute approximate surface area is 189 Å².